The number of nitrogens with zero attached hydrogens (tertiary/aromatic N) is 1. The number of carbonyl (C=O) groups excluding carboxylic acids is 1. The average molecular weight is 281 g/mol. The number of aromatic nitrogens is 1. The zero-order valence-corrected chi connectivity index (χ0v) is 12.7. The van der Waals surface area contributed by atoms with Crippen LogP contribution in [0.15, 0.2) is 6.07 Å². The van der Waals surface area contributed by atoms with Gasteiger partial charge in [-0.25, -0.2) is 9.59 Å². The number of carbonyl (C=O) groups is 2. The Morgan fingerprint density at radius 2 is 1.95 bits per heavy atom. The van der Waals surface area contributed by atoms with E-state index in [1.807, 2.05) is 27.7 Å². The Morgan fingerprint density at radius 3 is 2.40 bits per heavy atom. The number of carboxylic acid groups (broad SMARTS) is 1. The number of hydrogen-bond acceptors (Lipinski definition) is 2. The smallest absolute Gasteiger partial charge is 0.354 e. The fraction of sp³-hybridized carbons (Fsp3) is 0.571. The molecule has 0 radical (unpaired) electrons. The van der Waals surface area contributed by atoms with Crippen molar-refractivity contribution in [1.82, 2.24) is 9.88 Å². The number of anilines is 1. The molecule has 0 fully saturated rings. The summed E-state index contributed by atoms with van der Waals surface area (Å²) in [6.45, 7) is 10.3. The molecule has 2 amide bonds. The molecule has 3 N–H and O–H groups in total. The summed E-state index contributed by atoms with van der Waals surface area (Å²) in [6, 6.07) is 1.39. The molecule has 6 nitrogen and oxygen atoms in total. The van der Waals surface area contributed by atoms with Crippen molar-refractivity contribution in [3.63, 3.8) is 0 Å². The van der Waals surface area contributed by atoms with Crippen LogP contribution in [-0.2, 0) is 0 Å². The summed E-state index contributed by atoms with van der Waals surface area (Å²) in [5, 5.41) is 11.8. The Balaban J connectivity index is 2.90. The minimum absolute atomic E-state index is 0.00380. The van der Waals surface area contributed by atoms with Crippen molar-refractivity contribution < 1.29 is 14.7 Å². The zero-order valence-electron chi connectivity index (χ0n) is 12.7. The fourth-order valence-corrected chi connectivity index (χ4v) is 1.97. The Bertz CT molecular complexity index is 492. The highest BCUT2D eigenvalue weighted by atomic mass is 16.4. The van der Waals surface area contributed by atoms with Crippen LogP contribution in [0, 0.1) is 12.8 Å². The summed E-state index contributed by atoms with van der Waals surface area (Å²) in [5.74, 6) is -0.747. The third kappa shape index (κ3) is 4.01. The second-order valence-electron chi connectivity index (χ2n) is 5.62. The van der Waals surface area contributed by atoms with Crippen LogP contribution in [-0.4, -0.2) is 39.6 Å². The molecule has 20 heavy (non-hydrogen) atoms. The minimum atomic E-state index is -1.09. The third-order valence-electron chi connectivity index (χ3n) is 2.85. The van der Waals surface area contributed by atoms with Gasteiger partial charge in [0.05, 0.1) is 5.69 Å². The van der Waals surface area contributed by atoms with E-state index < -0.39 is 5.97 Å². The molecule has 0 saturated carbocycles. The second-order valence-corrected chi connectivity index (χ2v) is 5.62. The van der Waals surface area contributed by atoms with E-state index in [2.05, 4.69) is 10.3 Å². The molecule has 0 bridgehead atoms. The molecule has 0 aromatic carbocycles. The van der Waals surface area contributed by atoms with Gasteiger partial charge in [-0.1, -0.05) is 13.8 Å². The van der Waals surface area contributed by atoms with E-state index in [0.29, 0.717) is 23.8 Å². The number of amides is 2. The van der Waals surface area contributed by atoms with Crippen LogP contribution in [0.25, 0.3) is 0 Å². The zero-order chi connectivity index (χ0) is 15.4. The highest BCUT2D eigenvalue weighted by molar-refractivity contribution is 5.99. The predicted molar refractivity (Wildman–Crippen MR) is 78.2 cm³/mol. The molecule has 6 heteroatoms. The molecule has 0 aliphatic heterocycles. The first-order valence-corrected chi connectivity index (χ1v) is 6.72. The second kappa shape index (κ2) is 6.45. The number of nitrogens with one attached hydrogen (secondary N) is 2. The summed E-state index contributed by atoms with van der Waals surface area (Å²) in [7, 11) is 0. The Kier molecular flexibility index (Phi) is 5.19. The number of H-pyrrole nitrogens is 1. The SMILES string of the molecule is Cc1cc(NC(=O)N(CC(C)C)C(C)C)c(C(=O)O)[nH]1. The summed E-state index contributed by atoms with van der Waals surface area (Å²) in [5.41, 5.74) is 0.996. The quantitative estimate of drug-likeness (QED) is 0.775. The number of aromatic amines is 1. The molecular formula is C14H23N3O3. The fourth-order valence-electron chi connectivity index (χ4n) is 1.97. The summed E-state index contributed by atoms with van der Waals surface area (Å²) < 4.78 is 0. The van der Waals surface area contributed by atoms with Crippen LogP contribution in [0.4, 0.5) is 10.5 Å². The van der Waals surface area contributed by atoms with Gasteiger partial charge in [0.25, 0.3) is 0 Å². The van der Waals surface area contributed by atoms with E-state index in [1.54, 1.807) is 17.9 Å². The van der Waals surface area contributed by atoms with Crippen molar-refractivity contribution in [2.75, 3.05) is 11.9 Å². The molecule has 0 aliphatic carbocycles. The number of hydrogen-bond donors (Lipinski definition) is 3. The van der Waals surface area contributed by atoms with Crippen LogP contribution in [0.5, 0.6) is 0 Å². The summed E-state index contributed by atoms with van der Waals surface area (Å²) in [6.07, 6.45) is 0. The van der Waals surface area contributed by atoms with Crippen molar-refractivity contribution >= 4 is 17.7 Å². The lowest BCUT2D eigenvalue weighted by molar-refractivity contribution is 0.0692. The summed E-state index contributed by atoms with van der Waals surface area (Å²) in [4.78, 5) is 27.8. The molecule has 0 unspecified atom stereocenters. The van der Waals surface area contributed by atoms with Crippen LogP contribution >= 0.6 is 0 Å². The molecular weight excluding hydrogens is 258 g/mol. The minimum Gasteiger partial charge on any atom is -0.477 e. The molecule has 1 heterocycles. The van der Waals surface area contributed by atoms with Crippen molar-refractivity contribution in [3.8, 4) is 0 Å². The molecule has 0 atom stereocenters. The number of rotatable bonds is 5. The highest BCUT2D eigenvalue weighted by Crippen LogP contribution is 2.18. The first kappa shape index (κ1) is 16.1. The topological polar surface area (TPSA) is 85.4 Å². The Labute approximate surface area is 119 Å². The molecule has 0 aliphatic rings. The molecule has 112 valence electrons. The summed E-state index contributed by atoms with van der Waals surface area (Å²) >= 11 is 0. The van der Waals surface area contributed by atoms with E-state index in [1.165, 1.54) is 0 Å². The van der Waals surface area contributed by atoms with E-state index in [-0.39, 0.29) is 17.8 Å². The van der Waals surface area contributed by atoms with Crippen LogP contribution in [0.1, 0.15) is 43.9 Å². The Morgan fingerprint density at radius 1 is 1.35 bits per heavy atom. The molecule has 1 rings (SSSR count). The molecule has 1 aromatic heterocycles. The van der Waals surface area contributed by atoms with E-state index >= 15 is 0 Å². The molecule has 0 saturated heterocycles. The van der Waals surface area contributed by atoms with Crippen LogP contribution < -0.4 is 5.32 Å². The van der Waals surface area contributed by atoms with E-state index in [0.717, 1.165) is 0 Å². The van der Waals surface area contributed by atoms with Gasteiger partial charge in [-0.3, -0.25) is 0 Å². The lowest BCUT2D eigenvalue weighted by Crippen LogP contribution is -2.42. The normalized spacial score (nSPS) is 10.9. The predicted octanol–water partition coefficient (Wildman–Crippen LogP) is 2.92. The standard InChI is InChI=1S/C14H23N3O3/c1-8(2)7-17(9(3)4)14(20)16-11-6-10(5)15-12(11)13(18)19/h6,8-9,15H,7H2,1-5H3,(H,16,20)(H,18,19). The van der Waals surface area contributed by atoms with Crippen molar-refractivity contribution in [2.24, 2.45) is 5.92 Å². The number of carboxylic acids is 1. The molecule has 0 spiro atoms. The maximum Gasteiger partial charge on any atom is 0.354 e. The maximum absolute atomic E-state index is 12.3. The lowest BCUT2D eigenvalue weighted by Gasteiger charge is -2.28. The number of urea groups is 1. The van der Waals surface area contributed by atoms with Gasteiger partial charge in [-0.05, 0) is 32.8 Å². The van der Waals surface area contributed by atoms with E-state index in [4.69, 9.17) is 5.11 Å². The van der Waals surface area contributed by atoms with Gasteiger partial charge in [0.1, 0.15) is 5.69 Å². The first-order chi connectivity index (χ1) is 9.22. The number of aryl methyl sites for hydroxylation is 1. The van der Waals surface area contributed by atoms with Gasteiger partial charge >= 0.3 is 12.0 Å². The first-order valence-electron chi connectivity index (χ1n) is 6.72. The lowest BCUT2D eigenvalue weighted by atomic mass is 10.2. The Hall–Kier alpha value is -1.98. The van der Waals surface area contributed by atoms with Crippen molar-refractivity contribution in [3.05, 3.63) is 17.5 Å². The largest absolute Gasteiger partial charge is 0.477 e. The van der Waals surface area contributed by atoms with Crippen LogP contribution in [0.2, 0.25) is 0 Å². The average Bonchev–Trinajstić information content (AvgIpc) is 2.66. The van der Waals surface area contributed by atoms with Crippen molar-refractivity contribution in [2.45, 2.75) is 40.7 Å². The molecule has 1 aromatic rings. The number of aromatic carboxylic acids is 1. The van der Waals surface area contributed by atoms with Gasteiger partial charge in [0, 0.05) is 18.3 Å². The van der Waals surface area contributed by atoms with Gasteiger partial charge < -0.3 is 20.3 Å². The van der Waals surface area contributed by atoms with E-state index in [9.17, 15) is 9.59 Å². The highest BCUT2D eigenvalue weighted by Gasteiger charge is 2.21. The van der Waals surface area contributed by atoms with Crippen LogP contribution in [0.3, 0.4) is 0 Å². The third-order valence-corrected chi connectivity index (χ3v) is 2.85. The van der Waals surface area contributed by atoms with Gasteiger partial charge in [-0.15, -0.1) is 0 Å². The van der Waals surface area contributed by atoms with Gasteiger partial charge in [-0.2, -0.15) is 0 Å². The van der Waals surface area contributed by atoms with Gasteiger partial charge in [0.15, 0.2) is 0 Å². The monoisotopic (exact) mass is 281 g/mol. The van der Waals surface area contributed by atoms with Gasteiger partial charge in [0.2, 0.25) is 0 Å². The van der Waals surface area contributed by atoms with Crippen molar-refractivity contribution in [1.29, 1.82) is 0 Å². The maximum atomic E-state index is 12.3.